The van der Waals surface area contributed by atoms with Crippen LogP contribution in [0.25, 0.3) is 10.9 Å². The lowest BCUT2D eigenvalue weighted by Gasteiger charge is -2.21. The Balaban J connectivity index is 1.67. The number of rotatable bonds is 7. The summed E-state index contributed by atoms with van der Waals surface area (Å²) in [6, 6.07) is 18.7. The summed E-state index contributed by atoms with van der Waals surface area (Å²) in [6.07, 6.45) is -1.34. The quantitative estimate of drug-likeness (QED) is 0.353. The van der Waals surface area contributed by atoms with Crippen molar-refractivity contribution < 1.29 is 29.0 Å². The maximum absolute atomic E-state index is 13.8. The van der Waals surface area contributed by atoms with Gasteiger partial charge in [-0.25, -0.2) is 9.79 Å². The monoisotopic (exact) mass is 554 g/mol. The van der Waals surface area contributed by atoms with E-state index in [2.05, 4.69) is 5.32 Å². The maximum atomic E-state index is 13.8. The van der Waals surface area contributed by atoms with E-state index in [1.165, 1.54) is 16.4 Å². The van der Waals surface area contributed by atoms with Crippen LogP contribution in [0.3, 0.4) is 0 Å². The van der Waals surface area contributed by atoms with Crippen LogP contribution in [0.2, 0.25) is 0 Å². The summed E-state index contributed by atoms with van der Waals surface area (Å²) in [7, 11) is 4.70. The van der Waals surface area contributed by atoms with Crippen LogP contribution in [0.1, 0.15) is 40.1 Å². The second kappa shape index (κ2) is 10.8. The van der Waals surface area contributed by atoms with Gasteiger partial charge in [0.25, 0.3) is 11.8 Å². The number of methoxy groups -OCH3 is 2. The number of aryl methyl sites for hydroxylation is 1. The fourth-order valence-corrected chi connectivity index (χ4v) is 5.17. The molecule has 1 aliphatic rings. The van der Waals surface area contributed by atoms with E-state index < -0.39 is 30.0 Å². The average molecular weight is 555 g/mol. The van der Waals surface area contributed by atoms with Crippen molar-refractivity contribution in [3.63, 3.8) is 0 Å². The van der Waals surface area contributed by atoms with Crippen LogP contribution < -0.4 is 19.7 Å². The number of amides is 2. The van der Waals surface area contributed by atoms with Gasteiger partial charge < -0.3 is 29.4 Å². The molecule has 0 radical (unpaired) electrons. The number of benzene rings is 3. The molecule has 0 saturated carbocycles. The predicted octanol–water partition coefficient (Wildman–Crippen LogP) is 4.18. The second-order valence-electron chi connectivity index (χ2n) is 9.79. The molecule has 41 heavy (non-hydrogen) atoms. The molecule has 2 heterocycles. The molecular formula is C31H30N4O6. The van der Waals surface area contributed by atoms with Gasteiger partial charge in [-0.2, -0.15) is 0 Å². The number of anilines is 1. The van der Waals surface area contributed by atoms with Crippen LogP contribution in [0, 0.1) is 6.92 Å². The Labute approximate surface area is 236 Å². The zero-order valence-electron chi connectivity index (χ0n) is 23.3. The van der Waals surface area contributed by atoms with Gasteiger partial charge in [-0.1, -0.05) is 36.4 Å². The van der Waals surface area contributed by atoms with Crippen molar-refractivity contribution in [1.29, 1.82) is 0 Å². The number of carboxylic acids is 1. The lowest BCUT2D eigenvalue weighted by Crippen LogP contribution is -2.46. The fourth-order valence-electron chi connectivity index (χ4n) is 5.17. The van der Waals surface area contributed by atoms with Crippen molar-refractivity contribution in [3.05, 3.63) is 89.1 Å². The SMILES string of the molecule is COc1cc(C)cc(OC)c1C1=NC(NC(=O)c2cc3ccccc3n2C(C)C(=O)O)C(=O)N(C)c2ccccc21. The molecule has 0 bridgehead atoms. The zero-order chi connectivity index (χ0) is 29.4. The van der Waals surface area contributed by atoms with Crippen molar-refractivity contribution >= 4 is 40.1 Å². The molecule has 0 saturated heterocycles. The van der Waals surface area contributed by atoms with Crippen LogP contribution in [0.5, 0.6) is 11.5 Å². The lowest BCUT2D eigenvalue weighted by atomic mass is 9.97. The molecule has 0 fully saturated rings. The Morgan fingerprint density at radius 3 is 2.29 bits per heavy atom. The van der Waals surface area contributed by atoms with Gasteiger partial charge in [0.15, 0.2) is 0 Å². The van der Waals surface area contributed by atoms with Crippen LogP contribution in [0.15, 0.2) is 71.7 Å². The molecular weight excluding hydrogens is 524 g/mol. The minimum absolute atomic E-state index is 0.0977. The molecule has 10 heteroatoms. The number of nitrogens with one attached hydrogen (secondary N) is 1. The number of carboxylic acid groups (broad SMARTS) is 1. The molecule has 10 nitrogen and oxygen atoms in total. The number of carbonyl (C=O) groups excluding carboxylic acids is 2. The van der Waals surface area contributed by atoms with Crippen molar-refractivity contribution in [2.45, 2.75) is 26.1 Å². The first-order valence-electron chi connectivity index (χ1n) is 13.0. The largest absolute Gasteiger partial charge is 0.496 e. The number of aliphatic carboxylic acids is 1. The Bertz CT molecular complexity index is 1700. The number of likely N-dealkylation sites (N-methyl/N-ethyl adjacent to an activating group) is 1. The summed E-state index contributed by atoms with van der Waals surface area (Å²) in [6.45, 7) is 3.41. The number of fused-ring (bicyclic) bond motifs is 2. The number of ether oxygens (including phenoxy) is 2. The van der Waals surface area contributed by atoms with Crippen molar-refractivity contribution in [2.24, 2.45) is 4.99 Å². The first kappa shape index (κ1) is 27.4. The summed E-state index contributed by atoms with van der Waals surface area (Å²) in [4.78, 5) is 45.7. The highest BCUT2D eigenvalue weighted by molar-refractivity contribution is 6.22. The van der Waals surface area contributed by atoms with Crippen LogP contribution in [-0.2, 0) is 9.59 Å². The highest BCUT2D eigenvalue weighted by Gasteiger charge is 2.34. The van der Waals surface area contributed by atoms with E-state index in [9.17, 15) is 19.5 Å². The summed E-state index contributed by atoms with van der Waals surface area (Å²) in [5.74, 6) is -1.22. The molecule has 3 aromatic carbocycles. The third-order valence-corrected chi connectivity index (χ3v) is 7.22. The lowest BCUT2D eigenvalue weighted by molar-refractivity contribution is -0.140. The van der Waals surface area contributed by atoms with Crippen LogP contribution in [-0.4, -0.2) is 60.6 Å². The first-order valence-corrected chi connectivity index (χ1v) is 13.0. The molecule has 2 atom stereocenters. The number of benzodiazepines with no additional fused rings is 1. The Morgan fingerprint density at radius 1 is 1.00 bits per heavy atom. The minimum Gasteiger partial charge on any atom is -0.496 e. The zero-order valence-corrected chi connectivity index (χ0v) is 23.3. The molecule has 1 aromatic heterocycles. The second-order valence-corrected chi connectivity index (χ2v) is 9.79. The van der Waals surface area contributed by atoms with E-state index in [1.54, 1.807) is 57.7 Å². The third-order valence-electron chi connectivity index (χ3n) is 7.22. The number of carbonyl (C=O) groups is 3. The molecule has 2 unspecified atom stereocenters. The molecule has 210 valence electrons. The van der Waals surface area contributed by atoms with E-state index in [4.69, 9.17) is 14.5 Å². The Hall–Kier alpha value is -5.12. The molecule has 5 rings (SSSR count). The molecule has 2 N–H and O–H groups in total. The standard InChI is InChI=1S/C31H30N4O6/c1-17-14-24(40-4)26(25(15-17)41-5)27-20-11-7-9-13-22(20)34(3)30(37)28(32-27)33-29(36)23-16-19-10-6-8-12-21(19)35(23)18(2)31(38)39/h6-16,18,28H,1-5H3,(H,33,36)(H,38,39). The topological polar surface area (TPSA) is 122 Å². The highest BCUT2D eigenvalue weighted by Crippen LogP contribution is 2.37. The van der Waals surface area contributed by atoms with Crippen molar-refractivity contribution in [1.82, 2.24) is 9.88 Å². The fraction of sp³-hybridized carbons (Fsp3) is 0.226. The van der Waals surface area contributed by atoms with Gasteiger partial charge in [0.2, 0.25) is 6.17 Å². The van der Waals surface area contributed by atoms with Crippen LogP contribution in [0.4, 0.5) is 5.69 Å². The van der Waals surface area contributed by atoms with Gasteiger partial charge in [0.1, 0.15) is 23.2 Å². The Morgan fingerprint density at radius 2 is 1.63 bits per heavy atom. The van der Waals surface area contributed by atoms with Gasteiger partial charge >= 0.3 is 5.97 Å². The van der Waals surface area contributed by atoms with Crippen LogP contribution >= 0.6 is 0 Å². The number of hydrogen-bond acceptors (Lipinski definition) is 6. The minimum atomic E-state index is -1.34. The highest BCUT2D eigenvalue weighted by atomic mass is 16.5. The predicted molar refractivity (Wildman–Crippen MR) is 155 cm³/mol. The smallest absolute Gasteiger partial charge is 0.326 e. The summed E-state index contributed by atoms with van der Waals surface area (Å²) in [5, 5.41) is 13.2. The van der Waals surface area contributed by atoms with Crippen molar-refractivity contribution in [3.8, 4) is 11.5 Å². The number of hydrogen-bond donors (Lipinski definition) is 2. The average Bonchev–Trinajstić information content (AvgIpc) is 3.33. The van der Waals surface area contributed by atoms with Gasteiger partial charge in [-0.05, 0) is 49.7 Å². The number of para-hydroxylation sites is 2. The van der Waals surface area contributed by atoms with Gasteiger partial charge in [0, 0.05) is 23.5 Å². The van der Waals surface area contributed by atoms with Crippen molar-refractivity contribution in [2.75, 3.05) is 26.2 Å². The molecule has 0 aliphatic carbocycles. The van der Waals surface area contributed by atoms with E-state index in [0.717, 1.165) is 5.56 Å². The summed E-state index contributed by atoms with van der Waals surface area (Å²) in [5.41, 5.74) is 3.76. The van der Waals surface area contributed by atoms with E-state index in [1.807, 2.05) is 37.3 Å². The van der Waals surface area contributed by atoms with E-state index in [0.29, 0.717) is 44.9 Å². The van der Waals surface area contributed by atoms with Gasteiger partial charge in [-0.3, -0.25) is 9.59 Å². The van der Waals surface area contributed by atoms with E-state index in [-0.39, 0.29) is 5.69 Å². The Kier molecular flexibility index (Phi) is 7.23. The summed E-state index contributed by atoms with van der Waals surface area (Å²) < 4.78 is 12.9. The number of aromatic nitrogens is 1. The maximum Gasteiger partial charge on any atom is 0.326 e. The molecule has 0 spiro atoms. The summed E-state index contributed by atoms with van der Waals surface area (Å²) >= 11 is 0. The first-order chi connectivity index (χ1) is 19.7. The van der Waals surface area contributed by atoms with Gasteiger partial charge in [0.05, 0.1) is 31.2 Å². The molecule has 2 amide bonds. The molecule has 1 aliphatic heterocycles. The number of aliphatic imine (C=N–C) groups is 1. The third kappa shape index (κ3) is 4.77. The normalized spacial score (nSPS) is 15.5. The van der Waals surface area contributed by atoms with Gasteiger partial charge in [-0.15, -0.1) is 0 Å². The van der Waals surface area contributed by atoms with E-state index >= 15 is 0 Å². The molecule has 4 aromatic rings. The number of nitrogens with zero attached hydrogens (tertiary/aromatic N) is 3.